The summed E-state index contributed by atoms with van der Waals surface area (Å²) in [4.78, 5) is 23.4. The highest BCUT2D eigenvalue weighted by Gasteiger charge is 2.46. The van der Waals surface area contributed by atoms with Crippen LogP contribution in [0, 0.1) is 5.41 Å². The van der Waals surface area contributed by atoms with Gasteiger partial charge in [0.2, 0.25) is 5.91 Å². The van der Waals surface area contributed by atoms with Crippen molar-refractivity contribution in [2.24, 2.45) is 5.41 Å². The zero-order valence-corrected chi connectivity index (χ0v) is 12.4. The highest BCUT2D eigenvalue weighted by atomic mass is 16.4. The van der Waals surface area contributed by atoms with Crippen LogP contribution in [0.25, 0.3) is 0 Å². The number of hydrogen-bond donors (Lipinski definition) is 3. The minimum Gasteiger partial charge on any atom is -0.465 e. The van der Waals surface area contributed by atoms with E-state index in [0.29, 0.717) is 0 Å². The largest absolute Gasteiger partial charge is 0.465 e. The molecule has 1 aliphatic rings. The van der Waals surface area contributed by atoms with Gasteiger partial charge in [-0.05, 0) is 25.2 Å². The number of carbonyl (C=O) groups is 2. The van der Waals surface area contributed by atoms with E-state index in [9.17, 15) is 9.59 Å². The van der Waals surface area contributed by atoms with E-state index in [0.717, 1.165) is 25.7 Å². The smallest absolute Gasteiger partial charge is 0.405 e. The molecule has 0 aromatic heterocycles. The molecule has 3 N–H and O–H groups in total. The molecule has 110 valence electrons. The average Bonchev–Trinajstić information content (AvgIpc) is 2.27. The molecule has 1 atom stereocenters. The first-order valence-corrected chi connectivity index (χ1v) is 6.99. The molecule has 1 rings (SSSR count). The lowest BCUT2D eigenvalue weighted by Gasteiger charge is -2.41. The molecule has 0 heterocycles. The normalized spacial score (nSPS) is 20.4. The first-order chi connectivity index (χ1) is 8.67. The van der Waals surface area contributed by atoms with E-state index < -0.39 is 17.0 Å². The first-order valence-electron chi connectivity index (χ1n) is 6.99. The summed E-state index contributed by atoms with van der Waals surface area (Å²) in [5, 5.41) is 14.4. The summed E-state index contributed by atoms with van der Waals surface area (Å²) in [6.45, 7) is 7.25. The van der Waals surface area contributed by atoms with Gasteiger partial charge in [0, 0.05) is 6.04 Å². The van der Waals surface area contributed by atoms with Crippen LogP contribution in [-0.4, -0.2) is 28.7 Å². The zero-order chi connectivity index (χ0) is 14.7. The second-order valence-electron chi connectivity index (χ2n) is 6.61. The summed E-state index contributed by atoms with van der Waals surface area (Å²) in [6, 6.07) is 0.179. The van der Waals surface area contributed by atoms with E-state index in [-0.39, 0.29) is 11.9 Å². The number of hydrogen-bond acceptors (Lipinski definition) is 2. The topological polar surface area (TPSA) is 78.4 Å². The Hall–Kier alpha value is -1.26. The van der Waals surface area contributed by atoms with Gasteiger partial charge in [-0.15, -0.1) is 0 Å². The van der Waals surface area contributed by atoms with Gasteiger partial charge in [-0.25, -0.2) is 4.79 Å². The number of rotatable bonds is 3. The van der Waals surface area contributed by atoms with Crippen molar-refractivity contribution in [2.75, 3.05) is 0 Å². The van der Waals surface area contributed by atoms with Gasteiger partial charge >= 0.3 is 6.09 Å². The third-order valence-electron chi connectivity index (χ3n) is 4.25. The van der Waals surface area contributed by atoms with Crippen molar-refractivity contribution < 1.29 is 14.7 Å². The fourth-order valence-corrected chi connectivity index (χ4v) is 2.38. The van der Waals surface area contributed by atoms with Gasteiger partial charge in [-0.3, -0.25) is 4.79 Å². The molecule has 5 nitrogen and oxygen atoms in total. The van der Waals surface area contributed by atoms with Crippen LogP contribution in [0.3, 0.4) is 0 Å². The molecular weight excluding hydrogens is 244 g/mol. The van der Waals surface area contributed by atoms with Gasteiger partial charge in [-0.1, -0.05) is 40.0 Å². The molecule has 0 radical (unpaired) electrons. The Bertz CT molecular complexity index is 343. The van der Waals surface area contributed by atoms with E-state index >= 15 is 0 Å². The molecule has 0 aromatic carbocycles. The van der Waals surface area contributed by atoms with Gasteiger partial charge in [-0.2, -0.15) is 0 Å². The number of carboxylic acid groups (broad SMARTS) is 1. The van der Waals surface area contributed by atoms with Gasteiger partial charge in [0.1, 0.15) is 5.54 Å². The summed E-state index contributed by atoms with van der Waals surface area (Å²) in [5.41, 5.74) is -1.62. The van der Waals surface area contributed by atoms with E-state index in [1.54, 1.807) is 6.92 Å². The number of amides is 2. The highest BCUT2D eigenvalue weighted by Crippen LogP contribution is 2.31. The van der Waals surface area contributed by atoms with Crippen LogP contribution in [-0.2, 0) is 4.79 Å². The first kappa shape index (κ1) is 15.8. The fourth-order valence-electron chi connectivity index (χ4n) is 2.38. The van der Waals surface area contributed by atoms with Crippen LogP contribution >= 0.6 is 0 Å². The SMILES string of the molecule is CC(C)(C)[C@](C)(NC(=O)O)C(=O)NC1CCCCC1. The Morgan fingerprint density at radius 3 is 2.00 bits per heavy atom. The Morgan fingerprint density at radius 1 is 1.05 bits per heavy atom. The van der Waals surface area contributed by atoms with Crippen LogP contribution < -0.4 is 10.6 Å². The lowest BCUT2D eigenvalue weighted by molar-refractivity contribution is -0.131. The standard InChI is InChI=1S/C14H26N2O3/c1-13(2,3)14(4,16-12(18)19)11(17)15-10-8-6-5-7-9-10/h10,16H,5-9H2,1-4H3,(H,15,17)(H,18,19)/t14-/m1/s1. The third-order valence-corrected chi connectivity index (χ3v) is 4.25. The summed E-state index contributed by atoms with van der Waals surface area (Å²) in [6.07, 6.45) is 4.28. The highest BCUT2D eigenvalue weighted by molar-refractivity contribution is 5.90. The van der Waals surface area contributed by atoms with E-state index in [2.05, 4.69) is 10.6 Å². The van der Waals surface area contributed by atoms with Crippen molar-refractivity contribution in [1.29, 1.82) is 0 Å². The second-order valence-corrected chi connectivity index (χ2v) is 6.61. The number of nitrogens with one attached hydrogen (secondary N) is 2. The molecule has 1 aliphatic carbocycles. The van der Waals surface area contributed by atoms with Crippen molar-refractivity contribution in [1.82, 2.24) is 10.6 Å². The Balaban J connectivity index is 2.79. The quantitative estimate of drug-likeness (QED) is 0.737. The molecule has 1 fully saturated rings. The average molecular weight is 270 g/mol. The van der Waals surface area contributed by atoms with E-state index in [1.165, 1.54) is 6.42 Å². The van der Waals surface area contributed by atoms with Crippen molar-refractivity contribution in [3.63, 3.8) is 0 Å². The van der Waals surface area contributed by atoms with Gasteiger partial charge in [0.05, 0.1) is 0 Å². The van der Waals surface area contributed by atoms with Crippen molar-refractivity contribution in [3.05, 3.63) is 0 Å². The van der Waals surface area contributed by atoms with E-state index in [4.69, 9.17) is 5.11 Å². The predicted molar refractivity (Wildman–Crippen MR) is 74.0 cm³/mol. The van der Waals surface area contributed by atoms with Crippen molar-refractivity contribution in [2.45, 2.75) is 71.4 Å². The van der Waals surface area contributed by atoms with Gasteiger partial charge in [0.25, 0.3) is 0 Å². The maximum absolute atomic E-state index is 12.5. The maximum atomic E-state index is 12.5. The Labute approximate surface area is 115 Å². The van der Waals surface area contributed by atoms with Crippen LogP contribution in [0.2, 0.25) is 0 Å². The predicted octanol–water partition coefficient (Wildman–Crippen LogP) is 2.51. The van der Waals surface area contributed by atoms with E-state index in [1.807, 2.05) is 20.8 Å². The zero-order valence-electron chi connectivity index (χ0n) is 12.4. The lowest BCUT2D eigenvalue weighted by atomic mass is 9.74. The van der Waals surface area contributed by atoms with Crippen LogP contribution in [0.4, 0.5) is 4.79 Å². The molecule has 0 spiro atoms. The summed E-state index contributed by atoms with van der Waals surface area (Å²) in [5.74, 6) is -0.227. The molecule has 1 saturated carbocycles. The fraction of sp³-hybridized carbons (Fsp3) is 0.857. The molecule has 0 unspecified atom stereocenters. The Kier molecular flexibility index (Phi) is 4.82. The third kappa shape index (κ3) is 3.85. The maximum Gasteiger partial charge on any atom is 0.405 e. The monoisotopic (exact) mass is 270 g/mol. The minimum absolute atomic E-state index is 0.179. The molecule has 0 aliphatic heterocycles. The number of carbonyl (C=O) groups excluding carboxylic acids is 1. The second kappa shape index (κ2) is 5.80. The van der Waals surface area contributed by atoms with Gasteiger partial charge in [0.15, 0.2) is 0 Å². The van der Waals surface area contributed by atoms with Gasteiger partial charge < -0.3 is 15.7 Å². The van der Waals surface area contributed by atoms with Crippen molar-refractivity contribution >= 4 is 12.0 Å². The molecule has 0 aromatic rings. The summed E-state index contributed by atoms with van der Waals surface area (Å²) < 4.78 is 0. The minimum atomic E-state index is -1.17. The van der Waals surface area contributed by atoms with Crippen molar-refractivity contribution in [3.8, 4) is 0 Å². The Morgan fingerprint density at radius 2 is 1.58 bits per heavy atom. The molecule has 0 bridgehead atoms. The molecule has 19 heavy (non-hydrogen) atoms. The molecule has 5 heteroatoms. The molecule has 2 amide bonds. The van der Waals surface area contributed by atoms with Crippen LogP contribution in [0.1, 0.15) is 59.8 Å². The summed E-state index contributed by atoms with van der Waals surface area (Å²) in [7, 11) is 0. The molecule has 0 saturated heterocycles. The molecular formula is C14H26N2O3. The van der Waals surface area contributed by atoms with Crippen LogP contribution in [0.15, 0.2) is 0 Å². The van der Waals surface area contributed by atoms with Crippen LogP contribution in [0.5, 0.6) is 0 Å². The lowest BCUT2D eigenvalue weighted by Crippen LogP contribution is -2.64. The summed E-state index contributed by atoms with van der Waals surface area (Å²) >= 11 is 0.